The van der Waals surface area contributed by atoms with Gasteiger partial charge in [-0.05, 0) is 81.3 Å². The molecule has 214 valence electrons. The van der Waals surface area contributed by atoms with Crippen molar-refractivity contribution in [3.8, 4) is 5.75 Å². The molecule has 1 N–H and O–H groups in total. The Hall–Kier alpha value is -3.92. The highest BCUT2D eigenvalue weighted by Gasteiger charge is 2.32. The lowest BCUT2D eigenvalue weighted by Crippen LogP contribution is -2.52. The van der Waals surface area contributed by atoms with E-state index in [1.807, 2.05) is 20.8 Å². The molecular formula is C30H36FN3O5S. The molecule has 0 aliphatic rings. The SMILES string of the molecule is CC[C@H](C)NC(=O)[C@H](C)N(Cc1ccc(OC)cc1)C(=O)CN(c1ccc(C)cc1)S(=O)(=O)c1ccc(F)cc1. The third-order valence-corrected chi connectivity index (χ3v) is 8.47. The molecule has 2 atom stereocenters. The highest BCUT2D eigenvalue weighted by molar-refractivity contribution is 7.92. The van der Waals surface area contributed by atoms with E-state index in [4.69, 9.17) is 4.74 Å². The fourth-order valence-electron chi connectivity index (χ4n) is 3.95. The van der Waals surface area contributed by atoms with Gasteiger partial charge in [-0.25, -0.2) is 12.8 Å². The van der Waals surface area contributed by atoms with Crippen molar-refractivity contribution in [1.82, 2.24) is 10.2 Å². The van der Waals surface area contributed by atoms with Crippen molar-refractivity contribution in [2.45, 2.75) is 57.6 Å². The number of carbonyl (C=O) groups is 2. The number of anilines is 1. The second kappa shape index (κ2) is 13.4. The van der Waals surface area contributed by atoms with Crippen molar-refractivity contribution >= 4 is 27.5 Å². The number of hydrogen-bond acceptors (Lipinski definition) is 5. The largest absolute Gasteiger partial charge is 0.497 e. The first-order valence-corrected chi connectivity index (χ1v) is 14.5. The fraction of sp³-hybridized carbons (Fsp3) is 0.333. The minimum absolute atomic E-state index is 0.0657. The second-order valence-electron chi connectivity index (χ2n) is 9.66. The van der Waals surface area contributed by atoms with E-state index in [2.05, 4.69) is 5.32 Å². The van der Waals surface area contributed by atoms with E-state index >= 15 is 0 Å². The van der Waals surface area contributed by atoms with Gasteiger partial charge in [-0.1, -0.05) is 36.8 Å². The van der Waals surface area contributed by atoms with Crippen molar-refractivity contribution in [2.75, 3.05) is 18.0 Å². The van der Waals surface area contributed by atoms with E-state index in [1.165, 1.54) is 4.90 Å². The van der Waals surface area contributed by atoms with Gasteiger partial charge in [0.2, 0.25) is 11.8 Å². The van der Waals surface area contributed by atoms with Gasteiger partial charge < -0.3 is 15.0 Å². The highest BCUT2D eigenvalue weighted by Crippen LogP contribution is 2.25. The summed E-state index contributed by atoms with van der Waals surface area (Å²) >= 11 is 0. The van der Waals surface area contributed by atoms with Crippen LogP contribution >= 0.6 is 0 Å². The Bertz CT molecular complexity index is 1390. The number of nitrogens with one attached hydrogen (secondary N) is 1. The first-order chi connectivity index (χ1) is 19.0. The predicted molar refractivity (Wildman–Crippen MR) is 153 cm³/mol. The topological polar surface area (TPSA) is 96.0 Å². The molecule has 3 aromatic rings. The van der Waals surface area contributed by atoms with Gasteiger partial charge >= 0.3 is 0 Å². The molecule has 0 aliphatic heterocycles. The summed E-state index contributed by atoms with van der Waals surface area (Å²) in [4.78, 5) is 28.2. The van der Waals surface area contributed by atoms with Crippen LogP contribution in [-0.2, 0) is 26.2 Å². The molecule has 0 fully saturated rings. The van der Waals surface area contributed by atoms with Gasteiger partial charge in [0.05, 0.1) is 17.7 Å². The summed E-state index contributed by atoms with van der Waals surface area (Å²) < 4.78 is 47.3. The number of hydrogen-bond donors (Lipinski definition) is 1. The van der Waals surface area contributed by atoms with E-state index in [1.54, 1.807) is 62.6 Å². The van der Waals surface area contributed by atoms with Crippen LogP contribution in [0.5, 0.6) is 5.75 Å². The molecule has 3 rings (SSSR count). The Balaban J connectivity index is 2.01. The summed E-state index contributed by atoms with van der Waals surface area (Å²) in [5.41, 5.74) is 1.91. The third-order valence-electron chi connectivity index (χ3n) is 6.68. The molecule has 0 bridgehead atoms. The normalized spacial score (nSPS) is 12.8. The zero-order valence-corrected chi connectivity index (χ0v) is 24.2. The molecule has 0 saturated carbocycles. The lowest BCUT2D eigenvalue weighted by molar-refractivity contribution is -0.139. The number of aryl methyl sites for hydroxylation is 1. The van der Waals surface area contributed by atoms with Crippen LogP contribution in [-0.4, -0.2) is 50.9 Å². The Morgan fingerprint density at radius 1 is 0.950 bits per heavy atom. The molecule has 3 aromatic carbocycles. The van der Waals surface area contributed by atoms with Gasteiger partial charge in [0, 0.05) is 12.6 Å². The number of rotatable bonds is 12. The number of ether oxygens (including phenoxy) is 1. The van der Waals surface area contributed by atoms with E-state index < -0.39 is 34.3 Å². The third kappa shape index (κ3) is 7.59. The minimum atomic E-state index is -4.26. The number of benzene rings is 3. The molecule has 10 heteroatoms. The van der Waals surface area contributed by atoms with Crippen LogP contribution in [0.3, 0.4) is 0 Å². The maximum atomic E-state index is 13.9. The van der Waals surface area contributed by atoms with E-state index in [9.17, 15) is 22.4 Å². The van der Waals surface area contributed by atoms with Crippen molar-refractivity contribution in [2.24, 2.45) is 0 Å². The molecule has 0 radical (unpaired) electrons. The van der Waals surface area contributed by atoms with Crippen molar-refractivity contribution < 1.29 is 27.1 Å². The average molecular weight is 570 g/mol. The number of carbonyl (C=O) groups excluding carboxylic acids is 2. The Labute approximate surface area is 235 Å². The standard InChI is InChI=1S/C30H36FN3O5S/c1-6-22(3)32-30(36)23(4)33(19-24-9-15-27(39-5)16-10-24)29(35)20-34(26-13-7-21(2)8-14-26)40(37,38)28-17-11-25(31)12-18-28/h7-18,22-23H,6,19-20H2,1-5H3,(H,32,36)/t22-,23-/m0/s1. The molecule has 0 spiro atoms. The van der Waals surface area contributed by atoms with Gasteiger partial charge in [0.1, 0.15) is 24.2 Å². The van der Waals surface area contributed by atoms with Crippen LogP contribution in [0.15, 0.2) is 77.7 Å². The second-order valence-corrected chi connectivity index (χ2v) is 11.5. The van der Waals surface area contributed by atoms with Crippen LogP contribution in [0, 0.1) is 12.7 Å². The van der Waals surface area contributed by atoms with E-state index in [0.29, 0.717) is 12.2 Å². The van der Waals surface area contributed by atoms with Gasteiger partial charge in [-0.15, -0.1) is 0 Å². The minimum Gasteiger partial charge on any atom is -0.497 e. The number of sulfonamides is 1. The monoisotopic (exact) mass is 569 g/mol. The highest BCUT2D eigenvalue weighted by atomic mass is 32.2. The quantitative estimate of drug-likeness (QED) is 0.342. The van der Waals surface area contributed by atoms with Crippen molar-refractivity contribution in [3.05, 3.63) is 89.7 Å². The molecule has 0 heterocycles. The maximum absolute atomic E-state index is 13.9. The van der Waals surface area contributed by atoms with E-state index in [0.717, 1.165) is 39.7 Å². The summed E-state index contributed by atoms with van der Waals surface area (Å²) in [7, 11) is -2.71. The molecule has 8 nitrogen and oxygen atoms in total. The van der Waals surface area contributed by atoms with Crippen LogP contribution in [0.25, 0.3) is 0 Å². The molecule has 40 heavy (non-hydrogen) atoms. The maximum Gasteiger partial charge on any atom is 0.264 e. The smallest absolute Gasteiger partial charge is 0.264 e. The molecule has 0 aliphatic carbocycles. The van der Waals surface area contributed by atoms with Crippen LogP contribution in [0.2, 0.25) is 0 Å². The van der Waals surface area contributed by atoms with Crippen LogP contribution < -0.4 is 14.4 Å². The summed E-state index contributed by atoms with van der Waals surface area (Å²) in [5, 5.41) is 2.90. The lowest BCUT2D eigenvalue weighted by atomic mass is 10.1. The van der Waals surface area contributed by atoms with Gasteiger partial charge in [0.15, 0.2) is 0 Å². The summed E-state index contributed by atoms with van der Waals surface area (Å²) in [6.45, 7) is 6.78. The van der Waals surface area contributed by atoms with Gasteiger partial charge in [-0.3, -0.25) is 13.9 Å². The van der Waals surface area contributed by atoms with Crippen LogP contribution in [0.4, 0.5) is 10.1 Å². The Morgan fingerprint density at radius 2 is 1.55 bits per heavy atom. The number of methoxy groups -OCH3 is 1. The first kappa shape index (κ1) is 30.6. The lowest BCUT2D eigenvalue weighted by Gasteiger charge is -2.32. The molecule has 2 amide bonds. The van der Waals surface area contributed by atoms with Gasteiger partial charge in [-0.2, -0.15) is 0 Å². The molecule has 0 aromatic heterocycles. The Kier molecular flexibility index (Phi) is 10.3. The Morgan fingerprint density at radius 3 is 2.10 bits per heavy atom. The van der Waals surface area contributed by atoms with Crippen molar-refractivity contribution in [3.63, 3.8) is 0 Å². The molecule has 0 unspecified atom stereocenters. The number of halogens is 1. The van der Waals surface area contributed by atoms with Gasteiger partial charge in [0.25, 0.3) is 10.0 Å². The summed E-state index contributed by atoms with van der Waals surface area (Å²) in [6, 6.07) is 17.2. The summed E-state index contributed by atoms with van der Waals surface area (Å²) in [5.74, 6) is -0.864. The predicted octanol–water partition coefficient (Wildman–Crippen LogP) is 4.67. The average Bonchev–Trinajstić information content (AvgIpc) is 2.95. The number of nitrogens with zero attached hydrogens (tertiary/aromatic N) is 2. The van der Waals surface area contributed by atoms with Crippen LogP contribution in [0.1, 0.15) is 38.3 Å². The van der Waals surface area contributed by atoms with Crippen molar-refractivity contribution in [1.29, 1.82) is 0 Å². The molecular weight excluding hydrogens is 533 g/mol. The number of amides is 2. The fourth-order valence-corrected chi connectivity index (χ4v) is 5.36. The summed E-state index contributed by atoms with van der Waals surface area (Å²) in [6.07, 6.45) is 0.710. The zero-order chi connectivity index (χ0) is 29.4. The first-order valence-electron chi connectivity index (χ1n) is 13.0. The molecule has 0 saturated heterocycles. The van der Waals surface area contributed by atoms with E-state index in [-0.39, 0.29) is 29.1 Å². The zero-order valence-electron chi connectivity index (χ0n) is 23.4.